The van der Waals surface area contributed by atoms with Crippen LogP contribution in [-0.2, 0) is 11.2 Å². The number of rotatable bonds is 6. The van der Waals surface area contributed by atoms with Crippen molar-refractivity contribution in [3.05, 3.63) is 35.8 Å². The number of carbonyl (C=O) groups excluding carboxylic acids is 1. The average molecular weight is 333 g/mol. The lowest BCUT2D eigenvalue weighted by Gasteiger charge is -2.12. The number of nitrogens with one attached hydrogen (secondary N) is 3. The van der Waals surface area contributed by atoms with Gasteiger partial charge in [-0.15, -0.1) is 0 Å². The van der Waals surface area contributed by atoms with Crippen LogP contribution in [0.3, 0.4) is 0 Å². The predicted octanol–water partition coefficient (Wildman–Crippen LogP) is 1.49. The predicted molar refractivity (Wildman–Crippen MR) is 94.6 cm³/mol. The summed E-state index contributed by atoms with van der Waals surface area (Å²) in [5.74, 6) is 0.311. The number of guanidine groups is 1. The lowest BCUT2D eigenvalue weighted by molar-refractivity contribution is -0.127. The maximum atomic E-state index is 13.2. The molecule has 0 atom stereocenters. The van der Waals surface area contributed by atoms with Crippen molar-refractivity contribution in [3.8, 4) is 0 Å². The fourth-order valence-corrected chi connectivity index (χ4v) is 2.31. The van der Waals surface area contributed by atoms with Crippen molar-refractivity contribution in [2.75, 3.05) is 33.7 Å². The van der Waals surface area contributed by atoms with Crippen LogP contribution in [0.1, 0.15) is 12.5 Å². The highest BCUT2D eigenvalue weighted by Gasteiger charge is 2.06. The Labute approximate surface area is 141 Å². The molecule has 2 rings (SSSR count). The summed E-state index contributed by atoms with van der Waals surface area (Å²) in [4.78, 5) is 20.5. The van der Waals surface area contributed by atoms with Crippen LogP contribution in [0.15, 0.2) is 29.4 Å². The molecule has 1 aromatic carbocycles. The number of aromatic amines is 1. The molecule has 0 unspecified atom stereocenters. The van der Waals surface area contributed by atoms with Crippen LogP contribution in [0.4, 0.5) is 4.39 Å². The number of nitrogens with zero attached hydrogens (tertiary/aromatic N) is 2. The van der Waals surface area contributed by atoms with Crippen LogP contribution in [0.5, 0.6) is 0 Å². The first kappa shape index (κ1) is 17.8. The van der Waals surface area contributed by atoms with Crippen molar-refractivity contribution in [1.29, 1.82) is 0 Å². The molecule has 0 spiro atoms. The number of likely N-dealkylation sites (N-methyl/N-ethyl adjacent to an activating group) is 1. The number of hydrogen-bond donors (Lipinski definition) is 3. The Balaban J connectivity index is 1.94. The highest BCUT2D eigenvalue weighted by atomic mass is 19.1. The van der Waals surface area contributed by atoms with Gasteiger partial charge in [0, 0.05) is 44.3 Å². The van der Waals surface area contributed by atoms with E-state index in [1.807, 2.05) is 13.1 Å². The summed E-state index contributed by atoms with van der Waals surface area (Å²) in [6.07, 6.45) is 2.66. The molecule has 0 radical (unpaired) electrons. The summed E-state index contributed by atoms with van der Waals surface area (Å²) >= 11 is 0. The third-order valence-electron chi connectivity index (χ3n) is 3.63. The van der Waals surface area contributed by atoms with Gasteiger partial charge in [-0.25, -0.2) is 9.38 Å². The lowest BCUT2D eigenvalue weighted by atomic mass is 10.1. The summed E-state index contributed by atoms with van der Waals surface area (Å²) in [6.45, 7) is 3.45. The van der Waals surface area contributed by atoms with Crippen molar-refractivity contribution in [3.63, 3.8) is 0 Å². The Morgan fingerprint density at radius 2 is 2.12 bits per heavy atom. The van der Waals surface area contributed by atoms with Gasteiger partial charge in [-0.05, 0) is 37.1 Å². The number of fused-ring (bicyclic) bond motifs is 1. The Kier molecular flexibility index (Phi) is 6.17. The van der Waals surface area contributed by atoms with Gasteiger partial charge >= 0.3 is 0 Å². The summed E-state index contributed by atoms with van der Waals surface area (Å²) in [5.41, 5.74) is 1.90. The molecule has 0 bridgehead atoms. The van der Waals surface area contributed by atoms with E-state index in [1.54, 1.807) is 20.2 Å². The highest BCUT2D eigenvalue weighted by Crippen LogP contribution is 2.19. The molecule has 7 heteroatoms. The van der Waals surface area contributed by atoms with Crippen molar-refractivity contribution in [1.82, 2.24) is 20.5 Å². The summed E-state index contributed by atoms with van der Waals surface area (Å²) < 4.78 is 13.2. The van der Waals surface area contributed by atoms with E-state index in [4.69, 9.17) is 0 Å². The smallest absolute Gasteiger partial charge is 0.243 e. The van der Waals surface area contributed by atoms with E-state index in [0.717, 1.165) is 22.9 Å². The minimum atomic E-state index is -0.249. The third kappa shape index (κ3) is 4.71. The van der Waals surface area contributed by atoms with Gasteiger partial charge in [0.15, 0.2) is 5.96 Å². The second-order valence-corrected chi connectivity index (χ2v) is 5.66. The number of aliphatic imine (C=N–C) groups is 1. The molecule has 1 aromatic heterocycles. The molecule has 3 N–H and O–H groups in total. The Bertz CT molecular complexity index is 723. The van der Waals surface area contributed by atoms with E-state index in [9.17, 15) is 9.18 Å². The zero-order valence-corrected chi connectivity index (χ0v) is 14.3. The first-order valence-electron chi connectivity index (χ1n) is 7.99. The molecule has 0 aliphatic heterocycles. The first-order valence-corrected chi connectivity index (χ1v) is 7.99. The van der Waals surface area contributed by atoms with Crippen LogP contribution in [0.2, 0.25) is 0 Å². The zero-order valence-electron chi connectivity index (χ0n) is 14.3. The van der Waals surface area contributed by atoms with Crippen LogP contribution in [0.25, 0.3) is 10.9 Å². The topological polar surface area (TPSA) is 72.5 Å². The SMILES string of the molecule is CCNC(=NCC(=O)N(C)C)NCCc1c[nH]c2cc(F)ccc12. The van der Waals surface area contributed by atoms with E-state index in [1.165, 1.54) is 17.0 Å². The number of carbonyl (C=O) groups is 1. The van der Waals surface area contributed by atoms with Gasteiger partial charge in [0.2, 0.25) is 5.91 Å². The summed E-state index contributed by atoms with van der Waals surface area (Å²) in [6, 6.07) is 4.74. The maximum absolute atomic E-state index is 13.2. The fraction of sp³-hybridized carbons (Fsp3) is 0.412. The Morgan fingerprint density at radius 1 is 1.33 bits per heavy atom. The molecular formula is C17H24FN5O. The first-order chi connectivity index (χ1) is 11.5. The number of benzene rings is 1. The average Bonchev–Trinajstić information content (AvgIpc) is 2.94. The van der Waals surface area contributed by atoms with Crippen molar-refractivity contribution in [2.24, 2.45) is 4.99 Å². The molecular weight excluding hydrogens is 309 g/mol. The lowest BCUT2D eigenvalue weighted by Crippen LogP contribution is -2.39. The molecule has 1 amide bonds. The number of aromatic nitrogens is 1. The molecule has 0 aliphatic carbocycles. The molecule has 1 heterocycles. The van der Waals surface area contributed by atoms with Crippen molar-refractivity contribution < 1.29 is 9.18 Å². The van der Waals surface area contributed by atoms with Crippen LogP contribution >= 0.6 is 0 Å². The minimum Gasteiger partial charge on any atom is -0.361 e. The van der Waals surface area contributed by atoms with Gasteiger partial charge < -0.3 is 20.5 Å². The van der Waals surface area contributed by atoms with Crippen molar-refractivity contribution in [2.45, 2.75) is 13.3 Å². The Morgan fingerprint density at radius 3 is 2.83 bits per heavy atom. The third-order valence-corrected chi connectivity index (χ3v) is 3.63. The van der Waals surface area contributed by atoms with Gasteiger partial charge in [0.1, 0.15) is 12.4 Å². The molecule has 6 nitrogen and oxygen atoms in total. The van der Waals surface area contributed by atoms with Crippen LogP contribution in [-0.4, -0.2) is 55.5 Å². The molecule has 0 aliphatic rings. The fourth-order valence-electron chi connectivity index (χ4n) is 2.31. The number of hydrogen-bond acceptors (Lipinski definition) is 2. The van der Waals surface area contributed by atoms with E-state index in [-0.39, 0.29) is 18.3 Å². The maximum Gasteiger partial charge on any atom is 0.243 e. The normalized spacial score (nSPS) is 11.6. The van der Waals surface area contributed by atoms with Crippen molar-refractivity contribution >= 4 is 22.8 Å². The van der Waals surface area contributed by atoms with Gasteiger partial charge in [-0.1, -0.05) is 0 Å². The summed E-state index contributed by atoms with van der Waals surface area (Å²) in [7, 11) is 3.41. The van der Waals surface area contributed by atoms with E-state index in [0.29, 0.717) is 19.0 Å². The largest absolute Gasteiger partial charge is 0.361 e. The van der Waals surface area contributed by atoms with Crippen LogP contribution < -0.4 is 10.6 Å². The van der Waals surface area contributed by atoms with E-state index < -0.39 is 0 Å². The Hall–Kier alpha value is -2.57. The van der Waals surface area contributed by atoms with Crippen LogP contribution in [0, 0.1) is 5.82 Å². The number of amides is 1. The number of H-pyrrole nitrogens is 1. The van der Waals surface area contributed by atoms with Gasteiger partial charge in [0.05, 0.1) is 0 Å². The van der Waals surface area contributed by atoms with Gasteiger partial charge in [-0.3, -0.25) is 4.79 Å². The molecule has 130 valence electrons. The quantitative estimate of drug-likeness (QED) is 0.554. The zero-order chi connectivity index (χ0) is 17.5. The van der Waals surface area contributed by atoms with E-state index in [2.05, 4.69) is 20.6 Å². The molecule has 24 heavy (non-hydrogen) atoms. The number of halogens is 1. The minimum absolute atomic E-state index is 0.0501. The standard InChI is InChI=1S/C17H24FN5O/c1-4-19-17(22-11-16(24)23(2)3)20-8-7-12-10-21-15-9-13(18)5-6-14(12)15/h5-6,9-10,21H,4,7-8,11H2,1-3H3,(H2,19,20,22). The summed E-state index contributed by atoms with van der Waals surface area (Å²) in [5, 5.41) is 7.34. The molecule has 2 aromatic rings. The van der Waals surface area contributed by atoms with E-state index >= 15 is 0 Å². The monoisotopic (exact) mass is 333 g/mol. The molecule has 0 fully saturated rings. The second kappa shape index (κ2) is 8.33. The molecule has 0 saturated heterocycles. The van der Waals surface area contributed by atoms with Gasteiger partial charge in [-0.2, -0.15) is 0 Å². The second-order valence-electron chi connectivity index (χ2n) is 5.66. The van der Waals surface area contributed by atoms with Gasteiger partial charge in [0.25, 0.3) is 0 Å². The highest BCUT2D eigenvalue weighted by molar-refractivity contribution is 5.85. The molecule has 0 saturated carbocycles.